The van der Waals surface area contributed by atoms with Gasteiger partial charge in [-0.2, -0.15) is 0 Å². The number of nitrogens with zero attached hydrogens (tertiary/aromatic N) is 1. The van der Waals surface area contributed by atoms with E-state index in [1.807, 2.05) is 0 Å². The molecule has 1 aliphatic heterocycles. The maximum Gasteiger partial charge on any atom is 0.420 e. The van der Waals surface area contributed by atoms with Crippen molar-refractivity contribution in [2.45, 2.75) is 26.0 Å². The highest BCUT2D eigenvalue weighted by Crippen LogP contribution is 2.41. The topological polar surface area (TPSA) is 12.5 Å². The molecule has 0 saturated carbocycles. The highest BCUT2D eigenvalue weighted by molar-refractivity contribution is 6.67. The quantitative estimate of drug-likeness (QED) is 0.192. The summed E-state index contributed by atoms with van der Waals surface area (Å²) in [6.07, 6.45) is 0. The lowest BCUT2D eigenvalue weighted by Crippen LogP contribution is -2.45. The molecule has 1 heterocycles. The summed E-state index contributed by atoms with van der Waals surface area (Å²) in [6.45, 7) is 6.09. The zero-order valence-corrected chi connectivity index (χ0v) is 25.2. The molecule has 0 radical (unpaired) electrons. The van der Waals surface area contributed by atoms with Gasteiger partial charge in [0.2, 0.25) is 0 Å². The number of fused-ring (bicyclic) bond motifs is 3. The molecular formula is C41H34BNO. The molecule has 0 aliphatic carbocycles. The van der Waals surface area contributed by atoms with E-state index in [1.165, 1.54) is 65.6 Å². The maximum absolute atomic E-state index is 7.03. The monoisotopic (exact) mass is 567 g/mol. The number of rotatable bonds is 5. The molecule has 0 amide bonds. The average molecular weight is 568 g/mol. The lowest BCUT2D eigenvalue weighted by atomic mass is 9.66. The van der Waals surface area contributed by atoms with Gasteiger partial charge in [-0.1, -0.05) is 146 Å². The Bertz CT molecular complexity index is 2150. The third-order valence-electron chi connectivity index (χ3n) is 9.09. The van der Waals surface area contributed by atoms with Crippen LogP contribution in [0, 0.1) is 0 Å². The fourth-order valence-electron chi connectivity index (χ4n) is 7.21. The van der Waals surface area contributed by atoms with Crippen molar-refractivity contribution < 1.29 is 4.65 Å². The molecule has 0 unspecified atom stereocenters. The van der Waals surface area contributed by atoms with Crippen LogP contribution in [0.25, 0.3) is 54.6 Å². The van der Waals surface area contributed by atoms with Gasteiger partial charge in [0.15, 0.2) is 0 Å². The molecule has 44 heavy (non-hydrogen) atoms. The Morgan fingerprint density at radius 3 is 1.86 bits per heavy atom. The second-order valence-corrected chi connectivity index (χ2v) is 12.6. The molecule has 1 saturated heterocycles. The Labute approximate surface area is 259 Å². The first-order valence-corrected chi connectivity index (χ1v) is 15.5. The van der Waals surface area contributed by atoms with Crippen LogP contribution in [0.1, 0.15) is 19.4 Å². The van der Waals surface area contributed by atoms with Crippen LogP contribution >= 0.6 is 0 Å². The normalized spacial score (nSPS) is 15.0. The van der Waals surface area contributed by atoms with Gasteiger partial charge in [0.1, 0.15) is 0 Å². The standard InChI is InChI=1S/C41H34BNO/c1-41(2)28-43(27-33-19-12-18-29-15-6-9-20-34(29)33)42(44-41)38-26-24-32-17-8-11-22-36(32)40(38)39-35-21-10-7-16-31(35)23-25-37(39)30-13-4-3-5-14-30/h3-26H,27-28H2,1-2H3. The van der Waals surface area contributed by atoms with E-state index in [0.29, 0.717) is 0 Å². The Kier molecular flexibility index (Phi) is 6.59. The molecule has 1 fully saturated rings. The van der Waals surface area contributed by atoms with Crippen molar-refractivity contribution >= 4 is 44.8 Å². The average Bonchev–Trinajstić information content (AvgIpc) is 3.37. The summed E-state index contributed by atoms with van der Waals surface area (Å²) in [5.74, 6) is 0. The summed E-state index contributed by atoms with van der Waals surface area (Å²) in [4.78, 5) is 2.53. The highest BCUT2D eigenvalue weighted by atomic mass is 16.5. The van der Waals surface area contributed by atoms with Crippen molar-refractivity contribution in [2.75, 3.05) is 6.54 Å². The SMILES string of the molecule is CC1(C)CN(Cc2cccc3ccccc23)B(c2ccc3ccccc3c2-c2c(-c3ccccc3)ccc3ccccc23)O1. The van der Waals surface area contributed by atoms with Gasteiger partial charge < -0.3 is 9.47 Å². The smallest absolute Gasteiger partial charge is 0.411 e. The number of hydrogen-bond acceptors (Lipinski definition) is 2. The summed E-state index contributed by atoms with van der Waals surface area (Å²) in [5, 5.41) is 7.55. The molecule has 7 aromatic rings. The molecule has 0 spiro atoms. The number of benzene rings is 7. The lowest BCUT2D eigenvalue weighted by molar-refractivity contribution is 0.144. The van der Waals surface area contributed by atoms with Crippen LogP contribution in [0.2, 0.25) is 0 Å². The Balaban J connectivity index is 1.38. The summed E-state index contributed by atoms with van der Waals surface area (Å²) >= 11 is 0. The minimum absolute atomic E-state index is 0.203. The van der Waals surface area contributed by atoms with E-state index < -0.39 is 0 Å². The van der Waals surface area contributed by atoms with E-state index in [1.54, 1.807) is 0 Å². The summed E-state index contributed by atoms with van der Waals surface area (Å²) in [6, 6.07) is 52.9. The van der Waals surface area contributed by atoms with Gasteiger partial charge in [0, 0.05) is 13.1 Å². The predicted molar refractivity (Wildman–Crippen MR) is 187 cm³/mol. The molecule has 3 heteroatoms. The molecule has 8 rings (SSSR count). The minimum atomic E-state index is -0.292. The Morgan fingerprint density at radius 2 is 1.14 bits per heavy atom. The first kappa shape index (κ1) is 26.9. The highest BCUT2D eigenvalue weighted by Gasteiger charge is 2.44. The lowest BCUT2D eigenvalue weighted by Gasteiger charge is -2.25. The number of hydrogen-bond donors (Lipinski definition) is 0. The zero-order chi connectivity index (χ0) is 29.7. The van der Waals surface area contributed by atoms with E-state index in [0.717, 1.165) is 13.1 Å². The molecule has 1 aliphatic rings. The largest absolute Gasteiger partial charge is 0.420 e. The van der Waals surface area contributed by atoms with Gasteiger partial charge in [0.25, 0.3) is 0 Å². The summed E-state index contributed by atoms with van der Waals surface area (Å²) in [7, 11) is -0.203. The maximum atomic E-state index is 7.03. The van der Waals surface area contributed by atoms with Crippen molar-refractivity contribution in [1.82, 2.24) is 4.81 Å². The van der Waals surface area contributed by atoms with Gasteiger partial charge in [0.05, 0.1) is 5.60 Å². The van der Waals surface area contributed by atoms with E-state index >= 15 is 0 Å². The van der Waals surface area contributed by atoms with Crippen LogP contribution in [-0.4, -0.2) is 24.0 Å². The predicted octanol–water partition coefficient (Wildman–Crippen LogP) is 9.49. The van der Waals surface area contributed by atoms with Crippen LogP contribution in [0.5, 0.6) is 0 Å². The molecule has 2 nitrogen and oxygen atoms in total. The van der Waals surface area contributed by atoms with Gasteiger partial charge in [-0.25, -0.2) is 0 Å². The van der Waals surface area contributed by atoms with Crippen molar-refractivity contribution in [3.63, 3.8) is 0 Å². The van der Waals surface area contributed by atoms with Crippen LogP contribution in [0.15, 0.2) is 146 Å². The molecule has 0 aromatic heterocycles. The van der Waals surface area contributed by atoms with Crippen molar-refractivity contribution in [3.8, 4) is 22.3 Å². The first-order valence-electron chi connectivity index (χ1n) is 15.5. The van der Waals surface area contributed by atoms with Crippen LogP contribution in [-0.2, 0) is 11.2 Å². The van der Waals surface area contributed by atoms with Gasteiger partial charge in [-0.05, 0) is 79.4 Å². The molecule has 0 bridgehead atoms. The second-order valence-electron chi connectivity index (χ2n) is 12.6. The third-order valence-corrected chi connectivity index (χ3v) is 9.09. The van der Waals surface area contributed by atoms with Crippen LogP contribution < -0.4 is 5.46 Å². The molecular weight excluding hydrogens is 533 g/mol. The molecule has 0 atom stereocenters. The van der Waals surface area contributed by atoms with Crippen molar-refractivity contribution in [3.05, 3.63) is 151 Å². The molecule has 0 N–H and O–H groups in total. The summed E-state index contributed by atoms with van der Waals surface area (Å²) < 4.78 is 7.03. The van der Waals surface area contributed by atoms with Gasteiger partial charge in [-0.3, -0.25) is 0 Å². The Morgan fingerprint density at radius 1 is 0.568 bits per heavy atom. The second kappa shape index (κ2) is 10.8. The van der Waals surface area contributed by atoms with Crippen LogP contribution in [0.3, 0.4) is 0 Å². The summed E-state index contributed by atoms with van der Waals surface area (Å²) in [5.41, 5.74) is 7.21. The minimum Gasteiger partial charge on any atom is -0.411 e. The van der Waals surface area contributed by atoms with Crippen molar-refractivity contribution in [1.29, 1.82) is 0 Å². The third kappa shape index (κ3) is 4.70. The van der Waals surface area contributed by atoms with Crippen LogP contribution in [0.4, 0.5) is 0 Å². The van der Waals surface area contributed by atoms with E-state index in [-0.39, 0.29) is 12.7 Å². The molecule has 212 valence electrons. The fraction of sp³-hybridized carbons (Fsp3) is 0.122. The van der Waals surface area contributed by atoms with E-state index in [4.69, 9.17) is 4.65 Å². The molecule has 7 aromatic carbocycles. The van der Waals surface area contributed by atoms with E-state index in [2.05, 4.69) is 164 Å². The van der Waals surface area contributed by atoms with Gasteiger partial charge in [-0.15, -0.1) is 0 Å². The zero-order valence-electron chi connectivity index (χ0n) is 25.2. The van der Waals surface area contributed by atoms with Gasteiger partial charge >= 0.3 is 7.05 Å². The first-order chi connectivity index (χ1) is 21.6. The fourth-order valence-corrected chi connectivity index (χ4v) is 7.21. The Hall–Kier alpha value is -4.70. The van der Waals surface area contributed by atoms with Crippen molar-refractivity contribution in [2.24, 2.45) is 0 Å². The van der Waals surface area contributed by atoms with E-state index in [9.17, 15) is 0 Å².